The maximum absolute atomic E-state index is 12.6. The number of rotatable bonds is 4. The molecule has 1 saturated heterocycles. The van der Waals surface area contributed by atoms with Crippen molar-refractivity contribution in [3.8, 4) is 0 Å². The Labute approximate surface area is 149 Å². The van der Waals surface area contributed by atoms with Gasteiger partial charge >= 0.3 is 0 Å². The molecule has 3 amide bonds. The minimum atomic E-state index is -0.549. The Kier molecular flexibility index (Phi) is 3.64. The summed E-state index contributed by atoms with van der Waals surface area (Å²) in [6.07, 6.45) is 4.82. The van der Waals surface area contributed by atoms with Crippen LogP contribution in [-0.4, -0.2) is 34.1 Å². The molecule has 1 saturated carbocycles. The number of nitro groups is 1. The molecule has 1 heterocycles. The molecule has 4 rings (SSSR count). The van der Waals surface area contributed by atoms with Gasteiger partial charge in [-0.05, 0) is 30.7 Å². The first kappa shape index (κ1) is 16.4. The number of hydrogen-bond acceptors (Lipinski definition) is 5. The quantitative estimate of drug-likeness (QED) is 0.382. The van der Waals surface area contributed by atoms with Gasteiger partial charge in [0.15, 0.2) is 0 Å². The Morgan fingerprint density at radius 1 is 1.23 bits per heavy atom. The second-order valence-corrected chi connectivity index (χ2v) is 7.07. The number of imide groups is 1. The summed E-state index contributed by atoms with van der Waals surface area (Å²) in [5.41, 5.74) is 0.809. The number of amides is 3. The number of nitro benzene ring substituents is 1. The number of aryl methyl sites for hydroxylation is 1. The van der Waals surface area contributed by atoms with Gasteiger partial charge in [0.1, 0.15) is 6.54 Å². The smallest absolute Gasteiger partial charge is 0.271 e. The highest BCUT2D eigenvalue weighted by Gasteiger charge is 2.59. The normalized spacial score (nSPS) is 28.6. The monoisotopic (exact) mass is 355 g/mol. The predicted octanol–water partition coefficient (Wildman–Crippen LogP) is 1.65. The van der Waals surface area contributed by atoms with Crippen LogP contribution < -0.4 is 5.32 Å². The molecule has 0 spiro atoms. The molecular formula is C18H17N3O5. The Morgan fingerprint density at radius 2 is 1.85 bits per heavy atom. The summed E-state index contributed by atoms with van der Waals surface area (Å²) in [5.74, 6) is -1.63. The van der Waals surface area contributed by atoms with Gasteiger partial charge in [-0.3, -0.25) is 29.4 Å². The summed E-state index contributed by atoms with van der Waals surface area (Å²) in [6, 6.07) is 4.15. The van der Waals surface area contributed by atoms with Crippen LogP contribution in [0.3, 0.4) is 0 Å². The van der Waals surface area contributed by atoms with Gasteiger partial charge in [0, 0.05) is 12.1 Å². The topological polar surface area (TPSA) is 110 Å². The zero-order valence-corrected chi connectivity index (χ0v) is 14.0. The summed E-state index contributed by atoms with van der Waals surface area (Å²) >= 11 is 0. The number of likely N-dealkylation sites (tertiary alicyclic amines) is 1. The zero-order chi connectivity index (χ0) is 18.6. The summed E-state index contributed by atoms with van der Waals surface area (Å²) in [4.78, 5) is 48.9. The van der Waals surface area contributed by atoms with E-state index in [-0.39, 0.29) is 47.7 Å². The van der Waals surface area contributed by atoms with Gasteiger partial charge < -0.3 is 5.32 Å². The molecule has 8 heteroatoms. The molecule has 26 heavy (non-hydrogen) atoms. The second kappa shape index (κ2) is 5.76. The van der Waals surface area contributed by atoms with Crippen molar-refractivity contribution < 1.29 is 19.3 Å². The van der Waals surface area contributed by atoms with Gasteiger partial charge in [0.2, 0.25) is 17.7 Å². The number of allylic oxidation sites excluding steroid dienone is 2. The number of hydrogen-bond donors (Lipinski definition) is 1. The van der Waals surface area contributed by atoms with Crippen molar-refractivity contribution in [1.29, 1.82) is 0 Å². The highest BCUT2D eigenvalue weighted by molar-refractivity contribution is 6.09. The molecule has 0 radical (unpaired) electrons. The molecule has 3 aliphatic rings. The third-order valence-electron chi connectivity index (χ3n) is 5.57. The van der Waals surface area contributed by atoms with E-state index in [1.807, 2.05) is 12.2 Å². The van der Waals surface area contributed by atoms with Crippen LogP contribution in [0.15, 0.2) is 30.4 Å². The summed E-state index contributed by atoms with van der Waals surface area (Å²) in [7, 11) is 0. The van der Waals surface area contributed by atoms with Crippen molar-refractivity contribution >= 4 is 29.1 Å². The zero-order valence-electron chi connectivity index (χ0n) is 14.0. The van der Waals surface area contributed by atoms with E-state index >= 15 is 0 Å². The molecular weight excluding hydrogens is 338 g/mol. The molecule has 2 fully saturated rings. The van der Waals surface area contributed by atoms with Crippen molar-refractivity contribution in [2.24, 2.45) is 23.7 Å². The number of carbonyl (C=O) groups excluding carboxylic acids is 3. The third-order valence-corrected chi connectivity index (χ3v) is 5.57. The Balaban J connectivity index is 1.48. The summed E-state index contributed by atoms with van der Waals surface area (Å²) in [5, 5.41) is 13.5. The average Bonchev–Trinajstić information content (AvgIpc) is 3.26. The van der Waals surface area contributed by atoms with Crippen LogP contribution >= 0.6 is 0 Å². The number of carbonyl (C=O) groups is 3. The average molecular weight is 355 g/mol. The van der Waals surface area contributed by atoms with Crippen molar-refractivity contribution in [2.45, 2.75) is 13.3 Å². The molecule has 2 bridgehead atoms. The van der Waals surface area contributed by atoms with Crippen LogP contribution in [0, 0.1) is 40.7 Å². The number of fused-ring (bicyclic) bond motifs is 5. The number of non-ortho nitro benzene ring substituents is 1. The lowest BCUT2D eigenvalue weighted by molar-refractivity contribution is -0.384. The highest BCUT2D eigenvalue weighted by Crippen LogP contribution is 2.52. The molecule has 4 atom stereocenters. The van der Waals surface area contributed by atoms with Gasteiger partial charge in [0.25, 0.3) is 5.69 Å². The number of anilines is 1. The first-order valence-corrected chi connectivity index (χ1v) is 8.45. The van der Waals surface area contributed by atoms with Crippen LogP contribution in [0.5, 0.6) is 0 Å². The van der Waals surface area contributed by atoms with E-state index in [0.29, 0.717) is 11.3 Å². The first-order chi connectivity index (χ1) is 12.4. The molecule has 1 aliphatic heterocycles. The Bertz CT molecular complexity index is 848. The van der Waals surface area contributed by atoms with Gasteiger partial charge in [-0.25, -0.2) is 0 Å². The van der Waals surface area contributed by atoms with Crippen LogP contribution in [0.4, 0.5) is 11.4 Å². The standard InChI is InChI=1S/C18H17N3O5/c1-9-2-5-12(21(25)26)7-13(9)19-14(22)8-20-17(23)15-10-3-4-11(6-10)16(15)18(20)24/h2-5,7,10-11,15-16H,6,8H2,1H3,(H,19,22). The summed E-state index contributed by atoms with van der Waals surface area (Å²) < 4.78 is 0. The van der Waals surface area contributed by atoms with E-state index in [4.69, 9.17) is 0 Å². The minimum Gasteiger partial charge on any atom is -0.324 e. The maximum Gasteiger partial charge on any atom is 0.271 e. The highest BCUT2D eigenvalue weighted by atomic mass is 16.6. The number of benzene rings is 1. The van der Waals surface area contributed by atoms with E-state index in [9.17, 15) is 24.5 Å². The lowest BCUT2D eigenvalue weighted by Crippen LogP contribution is -2.39. The Morgan fingerprint density at radius 3 is 2.42 bits per heavy atom. The lowest BCUT2D eigenvalue weighted by Gasteiger charge is -2.17. The molecule has 4 unspecified atom stereocenters. The minimum absolute atomic E-state index is 0.0912. The van der Waals surface area contributed by atoms with Gasteiger partial charge in [0.05, 0.1) is 22.4 Å². The van der Waals surface area contributed by atoms with Crippen LogP contribution in [0.1, 0.15) is 12.0 Å². The van der Waals surface area contributed by atoms with Crippen molar-refractivity contribution in [2.75, 3.05) is 11.9 Å². The van der Waals surface area contributed by atoms with Crippen LogP contribution in [0.25, 0.3) is 0 Å². The van der Waals surface area contributed by atoms with Crippen LogP contribution in [-0.2, 0) is 14.4 Å². The fourth-order valence-electron chi connectivity index (χ4n) is 4.31. The molecule has 2 aliphatic carbocycles. The molecule has 1 aromatic carbocycles. The second-order valence-electron chi connectivity index (χ2n) is 7.07. The molecule has 1 N–H and O–H groups in total. The maximum atomic E-state index is 12.6. The van der Waals surface area contributed by atoms with E-state index in [2.05, 4.69) is 5.32 Å². The number of nitrogens with one attached hydrogen (secondary N) is 1. The van der Waals surface area contributed by atoms with Gasteiger partial charge in [-0.2, -0.15) is 0 Å². The van der Waals surface area contributed by atoms with Gasteiger partial charge in [-0.1, -0.05) is 18.2 Å². The van der Waals surface area contributed by atoms with E-state index in [1.165, 1.54) is 18.2 Å². The summed E-state index contributed by atoms with van der Waals surface area (Å²) in [6.45, 7) is 1.34. The third kappa shape index (κ3) is 2.40. The fraction of sp³-hybridized carbons (Fsp3) is 0.389. The van der Waals surface area contributed by atoms with Crippen molar-refractivity contribution in [3.63, 3.8) is 0 Å². The molecule has 134 valence electrons. The van der Waals surface area contributed by atoms with Crippen molar-refractivity contribution in [1.82, 2.24) is 4.90 Å². The Hall–Kier alpha value is -3.03. The number of nitrogens with zero attached hydrogens (tertiary/aromatic N) is 2. The lowest BCUT2D eigenvalue weighted by atomic mass is 9.85. The van der Waals surface area contributed by atoms with Gasteiger partial charge in [-0.15, -0.1) is 0 Å². The van der Waals surface area contributed by atoms with Crippen LogP contribution in [0.2, 0.25) is 0 Å². The molecule has 0 aromatic heterocycles. The largest absolute Gasteiger partial charge is 0.324 e. The first-order valence-electron chi connectivity index (χ1n) is 8.45. The SMILES string of the molecule is Cc1ccc([N+](=O)[O-])cc1NC(=O)CN1C(=O)C2C3C=CC(C3)C2C1=O. The predicted molar refractivity (Wildman–Crippen MR) is 90.9 cm³/mol. The molecule has 1 aromatic rings. The van der Waals surface area contributed by atoms with Crippen molar-refractivity contribution in [3.05, 3.63) is 46.0 Å². The van der Waals surface area contributed by atoms with E-state index < -0.39 is 10.8 Å². The molecule has 8 nitrogen and oxygen atoms in total. The fourth-order valence-corrected chi connectivity index (χ4v) is 4.31. The van der Waals surface area contributed by atoms with E-state index in [1.54, 1.807) is 6.92 Å². The van der Waals surface area contributed by atoms with E-state index in [0.717, 1.165) is 11.3 Å².